The maximum atomic E-state index is 12.4. The highest BCUT2D eigenvalue weighted by molar-refractivity contribution is 7.99. The van der Waals surface area contributed by atoms with E-state index in [4.69, 9.17) is 0 Å². The number of thioether (sulfide) groups is 1. The maximum Gasteiger partial charge on any atom is 0.227 e. The Morgan fingerprint density at radius 2 is 1.67 bits per heavy atom. The van der Waals surface area contributed by atoms with Crippen LogP contribution in [0.5, 0.6) is 0 Å². The lowest BCUT2D eigenvalue weighted by atomic mass is 10.1. The van der Waals surface area contributed by atoms with Crippen molar-refractivity contribution in [1.29, 1.82) is 0 Å². The molecule has 3 aromatic carbocycles. The molecule has 0 bridgehead atoms. The van der Waals surface area contributed by atoms with E-state index in [1.54, 1.807) is 0 Å². The number of rotatable bonds is 7. The van der Waals surface area contributed by atoms with Gasteiger partial charge in [-0.3, -0.25) is 4.79 Å². The van der Waals surface area contributed by atoms with Crippen LogP contribution in [0.15, 0.2) is 91.3 Å². The van der Waals surface area contributed by atoms with Gasteiger partial charge in [0, 0.05) is 22.9 Å². The summed E-state index contributed by atoms with van der Waals surface area (Å²) in [7, 11) is 0. The van der Waals surface area contributed by atoms with Crippen molar-refractivity contribution >= 4 is 28.3 Å². The summed E-state index contributed by atoms with van der Waals surface area (Å²) in [6.07, 6.45) is 6.22. The number of nitrogens with zero attached hydrogens (tertiary/aromatic N) is 1. The average Bonchev–Trinajstić information content (AvgIpc) is 3.15. The number of aromatic nitrogens is 1. The fourth-order valence-electron chi connectivity index (χ4n) is 4.31. The van der Waals surface area contributed by atoms with Crippen LogP contribution in [-0.4, -0.2) is 11.5 Å². The quantitative estimate of drug-likeness (QED) is 0.293. The smallest absolute Gasteiger partial charge is 0.227 e. The Balaban J connectivity index is 1.17. The standard InChI is InChI=1S/C27H24NOS/c29-25(21-6-2-1-3-7-21)19-28-15-12-20(13-16-28)14-17-30-26-18-23-10-4-8-22-9-5-11-24(26)27(22)23/h1-13,15-16,26H,14,17-19H2/q+1. The summed E-state index contributed by atoms with van der Waals surface area (Å²) >= 11 is 2.06. The van der Waals surface area contributed by atoms with Gasteiger partial charge in [0.1, 0.15) is 0 Å². The molecule has 0 saturated carbocycles. The summed E-state index contributed by atoms with van der Waals surface area (Å²) in [5.74, 6) is 1.24. The first-order valence-electron chi connectivity index (χ1n) is 10.5. The van der Waals surface area contributed by atoms with Gasteiger partial charge in [0.15, 0.2) is 12.4 Å². The van der Waals surface area contributed by atoms with Gasteiger partial charge < -0.3 is 0 Å². The molecule has 2 nitrogen and oxygen atoms in total. The van der Waals surface area contributed by atoms with Gasteiger partial charge in [-0.15, -0.1) is 0 Å². The summed E-state index contributed by atoms with van der Waals surface area (Å²) in [4.78, 5) is 12.4. The molecular weight excluding hydrogens is 386 g/mol. The molecule has 1 unspecified atom stereocenters. The van der Waals surface area contributed by atoms with Gasteiger partial charge in [0.2, 0.25) is 12.3 Å². The van der Waals surface area contributed by atoms with Gasteiger partial charge in [0.25, 0.3) is 0 Å². The van der Waals surface area contributed by atoms with Crippen molar-refractivity contribution in [2.45, 2.75) is 24.6 Å². The number of Topliss-reactive ketones (excluding diaryl/α,β-unsaturated/α-hetero) is 1. The van der Waals surface area contributed by atoms with E-state index in [9.17, 15) is 4.79 Å². The van der Waals surface area contributed by atoms with Gasteiger partial charge in [-0.1, -0.05) is 66.7 Å². The van der Waals surface area contributed by atoms with Crippen molar-refractivity contribution in [3.8, 4) is 0 Å². The van der Waals surface area contributed by atoms with Crippen LogP contribution < -0.4 is 4.57 Å². The first-order valence-corrected chi connectivity index (χ1v) is 11.5. The molecule has 1 aliphatic carbocycles. The Bertz CT molecular complexity index is 1180. The summed E-state index contributed by atoms with van der Waals surface area (Å²) in [5, 5.41) is 3.40. The second-order valence-electron chi connectivity index (χ2n) is 7.84. The molecule has 148 valence electrons. The van der Waals surface area contributed by atoms with Gasteiger partial charge in [0.05, 0.1) is 0 Å². The molecule has 0 saturated heterocycles. The molecule has 1 aromatic heterocycles. The normalized spacial score (nSPS) is 14.9. The van der Waals surface area contributed by atoms with E-state index in [1.807, 2.05) is 47.3 Å². The average molecular weight is 411 g/mol. The fourth-order valence-corrected chi connectivity index (χ4v) is 5.62. The number of pyridine rings is 1. The molecule has 5 rings (SSSR count). The molecule has 1 heterocycles. The zero-order chi connectivity index (χ0) is 20.3. The third-order valence-electron chi connectivity index (χ3n) is 5.87. The molecule has 4 aromatic rings. The van der Waals surface area contributed by atoms with Crippen LogP contribution in [0, 0.1) is 0 Å². The molecule has 0 N–H and O–H groups in total. The molecular formula is C27H24NOS+. The highest BCUT2D eigenvalue weighted by Gasteiger charge is 2.24. The van der Waals surface area contributed by atoms with Crippen LogP contribution in [-0.2, 0) is 19.4 Å². The van der Waals surface area contributed by atoms with Gasteiger partial charge in [-0.05, 0) is 46.1 Å². The zero-order valence-electron chi connectivity index (χ0n) is 16.8. The van der Waals surface area contributed by atoms with Crippen molar-refractivity contribution in [2.75, 3.05) is 5.75 Å². The molecule has 3 heteroatoms. The largest absolute Gasteiger partial charge is 0.287 e. The lowest BCUT2D eigenvalue weighted by Crippen LogP contribution is -2.37. The number of ketones is 1. The predicted molar refractivity (Wildman–Crippen MR) is 124 cm³/mol. The number of hydrogen-bond donors (Lipinski definition) is 0. The fraction of sp³-hybridized carbons (Fsp3) is 0.185. The lowest BCUT2D eigenvalue weighted by molar-refractivity contribution is -0.683. The van der Waals surface area contributed by atoms with Crippen LogP contribution >= 0.6 is 11.8 Å². The lowest BCUT2D eigenvalue weighted by Gasteiger charge is -2.11. The van der Waals surface area contributed by atoms with E-state index in [1.165, 1.54) is 27.5 Å². The highest BCUT2D eigenvalue weighted by atomic mass is 32.2. The van der Waals surface area contributed by atoms with Crippen molar-refractivity contribution < 1.29 is 9.36 Å². The Labute approximate surface area is 181 Å². The van der Waals surface area contributed by atoms with Crippen molar-refractivity contribution in [3.63, 3.8) is 0 Å². The predicted octanol–water partition coefficient (Wildman–Crippen LogP) is 5.58. The first-order chi connectivity index (χ1) is 14.8. The number of aryl methyl sites for hydroxylation is 1. The van der Waals surface area contributed by atoms with E-state index < -0.39 is 0 Å². The monoisotopic (exact) mass is 410 g/mol. The van der Waals surface area contributed by atoms with E-state index in [-0.39, 0.29) is 5.78 Å². The minimum absolute atomic E-state index is 0.138. The van der Waals surface area contributed by atoms with E-state index in [0.29, 0.717) is 11.8 Å². The number of carbonyl (C=O) groups excluding carboxylic acids is 1. The van der Waals surface area contributed by atoms with Crippen LogP contribution in [0.4, 0.5) is 0 Å². The molecule has 0 fully saturated rings. The van der Waals surface area contributed by atoms with Crippen LogP contribution in [0.3, 0.4) is 0 Å². The minimum atomic E-state index is 0.138. The molecule has 30 heavy (non-hydrogen) atoms. The summed E-state index contributed by atoms with van der Waals surface area (Å²) < 4.78 is 1.96. The summed E-state index contributed by atoms with van der Waals surface area (Å²) in [6, 6.07) is 27.1. The van der Waals surface area contributed by atoms with Crippen LogP contribution in [0.1, 0.15) is 32.3 Å². The number of carbonyl (C=O) groups is 1. The van der Waals surface area contributed by atoms with E-state index in [2.05, 4.69) is 60.3 Å². The molecule has 1 atom stereocenters. The molecule has 1 aliphatic rings. The molecule has 0 amide bonds. The Morgan fingerprint density at radius 1 is 0.900 bits per heavy atom. The maximum absolute atomic E-state index is 12.4. The van der Waals surface area contributed by atoms with E-state index >= 15 is 0 Å². The topological polar surface area (TPSA) is 20.9 Å². The van der Waals surface area contributed by atoms with Crippen molar-refractivity contribution in [2.24, 2.45) is 0 Å². The summed E-state index contributed by atoms with van der Waals surface area (Å²) in [6.45, 7) is 0.378. The van der Waals surface area contributed by atoms with Gasteiger partial charge >= 0.3 is 0 Å². The molecule has 0 aliphatic heterocycles. The van der Waals surface area contributed by atoms with Crippen molar-refractivity contribution in [1.82, 2.24) is 0 Å². The first kappa shape index (κ1) is 19.1. The number of benzene rings is 3. The van der Waals surface area contributed by atoms with Gasteiger partial charge in [-0.2, -0.15) is 16.3 Å². The zero-order valence-corrected chi connectivity index (χ0v) is 17.6. The van der Waals surface area contributed by atoms with Crippen molar-refractivity contribution in [3.05, 3.63) is 114 Å². The Morgan fingerprint density at radius 3 is 2.47 bits per heavy atom. The van der Waals surface area contributed by atoms with Crippen LogP contribution in [0.2, 0.25) is 0 Å². The minimum Gasteiger partial charge on any atom is -0.287 e. The number of hydrogen-bond acceptors (Lipinski definition) is 2. The highest BCUT2D eigenvalue weighted by Crippen LogP contribution is 2.44. The second kappa shape index (κ2) is 8.45. The van der Waals surface area contributed by atoms with Gasteiger partial charge in [-0.25, -0.2) is 0 Å². The second-order valence-corrected chi connectivity index (χ2v) is 9.15. The third-order valence-corrected chi connectivity index (χ3v) is 7.13. The van der Waals surface area contributed by atoms with Crippen LogP contribution in [0.25, 0.3) is 10.8 Å². The Kier molecular flexibility index (Phi) is 5.37. The third kappa shape index (κ3) is 3.90. The molecule has 0 spiro atoms. The Hall–Kier alpha value is -2.91. The van der Waals surface area contributed by atoms with E-state index in [0.717, 1.165) is 24.2 Å². The summed E-state index contributed by atoms with van der Waals surface area (Å²) in [5.41, 5.74) is 5.07. The SMILES string of the molecule is O=C(C[n+]1ccc(CCSC2Cc3cccc4cccc2c34)cc1)c1ccccc1. The molecule has 0 radical (unpaired) electrons.